The molecule has 0 saturated carbocycles. The lowest BCUT2D eigenvalue weighted by Crippen LogP contribution is -1.99. The maximum absolute atomic E-state index is 6.03. The van der Waals surface area contributed by atoms with Crippen LogP contribution in [-0.4, -0.2) is 18.5 Å². The first-order valence-electron chi connectivity index (χ1n) is 6.81. The highest BCUT2D eigenvalue weighted by molar-refractivity contribution is 7.98. The molecule has 0 radical (unpaired) electrons. The van der Waals surface area contributed by atoms with Crippen molar-refractivity contribution >= 4 is 17.5 Å². The minimum absolute atomic E-state index is 0.869. The molecule has 0 fully saturated rings. The quantitative estimate of drug-likeness (QED) is 0.753. The monoisotopic (exact) mass is 283 g/mol. The third-order valence-corrected chi connectivity index (χ3v) is 4.10. The molecule has 2 aromatic rings. The highest BCUT2D eigenvalue weighted by Crippen LogP contribution is 2.29. The van der Waals surface area contributed by atoms with Gasteiger partial charge in [0.2, 0.25) is 0 Å². The summed E-state index contributed by atoms with van der Waals surface area (Å²) in [5, 5.41) is 0. The van der Waals surface area contributed by atoms with Crippen LogP contribution >= 0.6 is 11.8 Å². The predicted octanol–water partition coefficient (Wildman–Crippen LogP) is 4.78. The van der Waals surface area contributed by atoms with Crippen LogP contribution in [0.15, 0.2) is 58.4 Å². The Morgan fingerprint density at radius 3 is 2.55 bits per heavy atom. The molecule has 102 valence electrons. The Kier molecular flexibility index (Phi) is 4.07. The molecule has 0 unspecified atom stereocenters. The molecule has 0 N–H and O–H groups in total. The van der Waals surface area contributed by atoms with Gasteiger partial charge in [0.1, 0.15) is 11.5 Å². The molecule has 1 heterocycles. The number of thioether (sulfide) groups is 1. The highest BCUT2D eigenvalue weighted by Gasteiger charge is 2.14. The average Bonchev–Trinajstić information content (AvgIpc) is 3.03. The number of hydrogen-bond acceptors (Lipinski definition) is 3. The topological polar surface area (TPSA) is 21.6 Å². The summed E-state index contributed by atoms with van der Waals surface area (Å²) < 4.78 is 6.03. The van der Waals surface area contributed by atoms with Crippen LogP contribution in [0.2, 0.25) is 0 Å². The molecule has 0 atom stereocenters. The van der Waals surface area contributed by atoms with Gasteiger partial charge in [-0.25, -0.2) is 0 Å². The molecule has 2 nitrogen and oxygen atoms in total. The minimum atomic E-state index is 0.869. The van der Waals surface area contributed by atoms with E-state index in [9.17, 15) is 0 Å². The zero-order valence-corrected chi connectivity index (χ0v) is 12.3. The maximum atomic E-state index is 6.03. The fourth-order valence-corrected chi connectivity index (χ4v) is 2.73. The van der Waals surface area contributed by atoms with Gasteiger partial charge in [-0.15, -0.1) is 11.8 Å². The zero-order chi connectivity index (χ0) is 13.8. The number of rotatable bonds is 4. The van der Waals surface area contributed by atoms with Crippen LogP contribution in [-0.2, 0) is 0 Å². The molecule has 0 saturated heterocycles. The Morgan fingerprint density at radius 1 is 1.05 bits per heavy atom. The van der Waals surface area contributed by atoms with Gasteiger partial charge in [0.05, 0.1) is 0 Å². The van der Waals surface area contributed by atoms with Crippen LogP contribution < -0.4 is 4.74 Å². The van der Waals surface area contributed by atoms with E-state index in [-0.39, 0.29) is 0 Å². The lowest BCUT2D eigenvalue weighted by Gasteiger charge is -2.11. The molecule has 2 aromatic carbocycles. The summed E-state index contributed by atoms with van der Waals surface area (Å²) in [6, 6.07) is 16.3. The summed E-state index contributed by atoms with van der Waals surface area (Å²) in [4.78, 5) is 5.81. The third kappa shape index (κ3) is 2.88. The van der Waals surface area contributed by atoms with Crippen LogP contribution in [0.5, 0.6) is 11.5 Å². The van der Waals surface area contributed by atoms with Gasteiger partial charge in [-0.05, 0) is 55.5 Å². The second-order valence-electron chi connectivity index (χ2n) is 4.71. The van der Waals surface area contributed by atoms with Crippen molar-refractivity contribution in [3.63, 3.8) is 0 Å². The Labute approximate surface area is 123 Å². The molecule has 0 amide bonds. The Morgan fingerprint density at radius 2 is 1.85 bits per heavy atom. The first-order chi connectivity index (χ1) is 9.86. The summed E-state index contributed by atoms with van der Waals surface area (Å²) in [5.41, 5.74) is 2.29. The van der Waals surface area contributed by atoms with E-state index < -0.39 is 0 Å². The second-order valence-corrected chi connectivity index (χ2v) is 5.59. The van der Waals surface area contributed by atoms with E-state index in [0.717, 1.165) is 36.4 Å². The maximum Gasteiger partial charge on any atom is 0.136 e. The number of hydrogen-bond donors (Lipinski definition) is 0. The lowest BCUT2D eigenvalue weighted by atomic mass is 10.1. The van der Waals surface area contributed by atoms with Crippen molar-refractivity contribution in [1.29, 1.82) is 0 Å². The van der Waals surface area contributed by atoms with Crippen LogP contribution in [0.1, 0.15) is 18.4 Å². The normalized spacial score (nSPS) is 14.2. The first-order valence-corrected chi connectivity index (χ1v) is 8.04. The van der Waals surface area contributed by atoms with Gasteiger partial charge < -0.3 is 4.74 Å². The third-order valence-electron chi connectivity index (χ3n) is 3.36. The summed E-state index contributed by atoms with van der Waals surface area (Å²) in [5.74, 6) is 1.76. The molecule has 0 aliphatic carbocycles. The highest BCUT2D eigenvalue weighted by atomic mass is 32.2. The SMILES string of the molecule is CSc1ccc(Oc2ccccc2C2=NCCC2)cc1. The fraction of sp³-hybridized carbons (Fsp3) is 0.235. The smallest absolute Gasteiger partial charge is 0.136 e. The van der Waals surface area contributed by atoms with Crippen molar-refractivity contribution in [2.24, 2.45) is 4.99 Å². The zero-order valence-electron chi connectivity index (χ0n) is 11.5. The number of aliphatic imine (C=N–C) groups is 1. The Balaban J connectivity index is 1.86. The number of para-hydroxylation sites is 1. The summed E-state index contributed by atoms with van der Waals surface area (Å²) in [7, 11) is 0. The van der Waals surface area contributed by atoms with Gasteiger partial charge in [-0.3, -0.25) is 4.99 Å². The Bertz CT molecular complexity index is 619. The number of ether oxygens (including phenoxy) is 1. The average molecular weight is 283 g/mol. The van der Waals surface area contributed by atoms with Crippen LogP contribution in [0.4, 0.5) is 0 Å². The predicted molar refractivity (Wildman–Crippen MR) is 85.4 cm³/mol. The number of benzene rings is 2. The second kappa shape index (κ2) is 6.14. The summed E-state index contributed by atoms with van der Waals surface area (Å²) in [6.07, 6.45) is 4.27. The standard InChI is InChI=1S/C17H17NOS/c1-20-14-10-8-13(9-11-14)19-17-7-3-2-5-15(17)16-6-4-12-18-16/h2-3,5,7-11H,4,6,12H2,1H3. The van der Waals surface area contributed by atoms with E-state index in [1.165, 1.54) is 10.6 Å². The molecular weight excluding hydrogens is 266 g/mol. The van der Waals surface area contributed by atoms with Crippen molar-refractivity contribution in [2.75, 3.05) is 12.8 Å². The van der Waals surface area contributed by atoms with Crippen LogP contribution in [0.3, 0.4) is 0 Å². The fourth-order valence-electron chi connectivity index (χ4n) is 2.32. The molecule has 3 heteroatoms. The van der Waals surface area contributed by atoms with E-state index in [1.807, 2.05) is 30.3 Å². The van der Waals surface area contributed by atoms with Crippen molar-refractivity contribution in [3.8, 4) is 11.5 Å². The van der Waals surface area contributed by atoms with E-state index >= 15 is 0 Å². The molecule has 1 aliphatic rings. The summed E-state index contributed by atoms with van der Waals surface area (Å²) in [6.45, 7) is 0.937. The van der Waals surface area contributed by atoms with Gasteiger partial charge in [-0.2, -0.15) is 0 Å². The molecule has 20 heavy (non-hydrogen) atoms. The van der Waals surface area contributed by atoms with Gasteiger partial charge in [-0.1, -0.05) is 12.1 Å². The Hall–Kier alpha value is -1.74. The van der Waals surface area contributed by atoms with E-state index in [1.54, 1.807) is 11.8 Å². The molecular formula is C17H17NOS. The minimum Gasteiger partial charge on any atom is -0.457 e. The number of nitrogens with zero attached hydrogens (tertiary/aromatic N) is 1. The van der Waals surface area contributed by atoms with Crippen molar-refractivity contribution < 1.29 is 4.74 Å². The molecule has 0 spiro atoms. The first kappa shape index (κ1) is 13.3. The van der Waals surface area contributed by atoms with Crippen LogP contribution in [0, 0.1) is 0 Å². The van der Waals surface area contributed by atoms with Gasteiger partial charge in [0, 0.05) is 22.7 Å². The lowest BCUT2D eigenvalue weighted by molar-refractivity contribution is 0.481. The molecule has 0 bridgehead atoms. The van der Waals surface area contributed by atoms with Gasteiger partial charge >= 0.3 is 0 Å². The molecule has 1 aliphatic heterocycles. The molecule has 0 aromatic heterocycles. The van der Waals surface area contributed by atoms with Gasteiger partial charge in [0.25, 0.3) is 0 Å². The van der Waals surface area contributed by atoms with E-state index in [4.69, 9.17) is 4.74 Å². The largest absolute Gasteiger partial charge is 0.457 e. The van der Waals surface area contributed by atoms with Crippen LogP contribution in [0.25, 0.3) is 0 Å². The van der Waals surface area contributed by atoms with Crippen molar-refractivity contribution in [3.05, 3.63) is 54.1 Å². The van der Waals surface area contributed by atoms with Crippen molar-refractivity contribution in [1.82, 2.24) is 0 Å². The van der Waals surface area contributed by atoms with E-state index in [2.05, 4.69) is 29.4 Å². The molecule has 3 rings (SSSR count). The summed E-state index contributed by atoms with van der Waals surface area (Å²) >= 11 is 1.73. The van der Waals surface area contributed by atoms with E-state index in [0.29, 0.717) is 0 Å². The van der Waals surface area contributed by atoms with Gasteiger partial charge in [0.15, 0.2) is 0 Å². The van der Waals surface area contributed by atoms with Crippen molar-refractivity contribution in [2.45, 2.75) is 17.7 Å².